The first-order valence-electron chi connectivity index (χ1n) is 12.3. The molecule has 7 nitrogen and oxygen atoms in total. The van der Waals surface area contributed by atoms with Crippen LogP contribution in [0, 0.1) is 18.8 Å². The number of aromatic nitrogens is 5. The fraction of sp³-hybridized carbons (Fsp3) is 0.333. The zero-order valence-corrected chi connectivity index (χ0v) is 21.8. The number of hydrogen-bond donors (Lipinski definition) is 1. The highest BCUT2D eigenvalue weighted by atomic mass is 35.5. The molecule has 0 amide bonds. The molecule has 0 aliphatic heterocycles. The van der Waals surface area contributed by atoms with E-state index in [4.69, 9.17) is 17.3 Å². The highest BCUT2D eigenvalue weighted by Gasteiger charge is 2.20. The van der Waals surface area contributed by atoms with E-state index in [0.717, 1.165) is 39.7 Å². The summed E-state index contributed by atoms with van der Waals surface area (Å²) in [5.41, 5.74) is 10.9. The van der Waals surface area contributed by atoms with Crippen LogP contribution in [0.3, 0.4) is 0 Å². The fourth-order valence-electron chi connectivity index (χ4n) is 5.21. The number of nitrogens with two attached hydrogens (primary N) is 1. The van der Waals surface area contributed by atoms with Crippen LogP contribution in [0.25, 0.3) is 37.6 Å². The zero-order chi connectivity index (χ0) is 25.0. The zero-order valence-electron chi connectivity index (χ0n) is 20.2. The summed E-state index contributed by atoms with van der Waals surface area (Å²) in [6.07, 6.45) is 6.71. The van der Waals surface area contributed by atoms with Crippen molar-refractivity contribution in [2.45, 2.75) is 46.1 Å². The minimum atomic E-state index is -0.178. The summed E-state index contributed by atoms with van der Waals surface area (Å²) in [7, 11) is 0. The number of fused-ring (bicyclic) bond motifs is 2. The number of nitrogens with zero attached hydrogens (tertiary/aromatic N) is 5. The molecule has 36 heavy (non-hydrogen) atoms. The van der Waals surface area contributed by atoms with Gasteiger partial charge in [-0.1, -0.05) is 43.5 Å². The van der Waals surface area contributed by atoms with Gasteiger partial charge in [0.2, 0.25) is 0 Å². The molecule has 1 saturated carbocycles. The lowest BCUT2D eigenvalue weighted by atomic mass is 9.83. The van der Waals surface area contributed by atoms with Gasteiger partial charge in [-0.15, -0.1) is 11.3 Å². The molecule has 1 aromatic carbocycles. The number of halogens is 1. The number of nitrogen functional groups attached to an aromatic ring is 1. The molecule has 0 unspecified atom stereocenters. The van der Waals surface area contributed by atoms with E-state index in [1.807, 2.05) is 31.2 Å². The Labute approximate surface area is 217 Å². The van der Waals surface area contributed by atoms with Crippen LogP contribution in [-0.4, -0.2) is 24.1 Å². The molecule has 0 bridgehead atoms. The minimum absolute atomic E-state index is 0.178. The lowest BCUT2D eigenvalue weighted by Crippen LogP contribution is -2.19. The third kappa shape index (κ3) is 4.18. The monoisotopic (exact) mass is 518 g/mol. The smallest absolute Gasteiger partial charge is 0.290 e. The van der Waals surface area contributed by atoms with Gasteiger partial charge in [-0.25, -0.2) is 4.98 Å². The van der Waals surface area contributed by atoms with E-state index in [2.05, 4.69) is 32.6 Å². The SMILES string of the molecule is Cc1cc(N)n2nc(-c3ccc(-c4cc5c(s4)c(=O)ncn5CC4CCC(C)CC4)cc3Cl)cc2n1. The summed E-state index contributed by atoms with van der Waals surface area (Å²) in [6, 6.07) is 11.7. The molecule has 0 atom stereocenters. The third-order valence-electron chi connectivity index (χ3n) is 7.23. The normalized spacial score (nSPS) is 18.3. The summed E-state index contributed by atoms with van der Waals surface area (Å²) in [6.45, 7) is 5.13. The lowest BCUT2D eigenvalue weighted by Gasteiger charge is -2.26. The molecule has 4 heterocycles. The topological polar surface area (TPSA) is 91.1 Å². The van der Waals surface area contributed by atoms with Gasteiger partial charge < -0.3 is 10.3 Å². The molecule has 0 radical (unpaired) electrons. The van der Waals surface area contributed by atoms with Gasteiger partial charge in [-0.05, 0) is 49.3 Å². The number of rotatable bonds is 4. The standard InChI is InChI=1S/C27H27ClN6OS/c1-15-3-5-17(6-4-15)13-33-14-30-27(35)26-22(33)12-23(36-26)18-7-8-19(20(28)10-18)21-11-25-31-16(2)9-24(29)34(25)32-21/h7-12,14-15,17H,3-6,13,29H2,1-2H3. The molecule has 0 saturated heterocycles. The Hall–Kier alpha value is -3.23. The Morgan fingerprint density at radius 2 is 1.94 bits per heavy atom. The second-order valence-corrected chi connectivity index (χ2v) is 11.4. The van der Waals surface area contributed by atoms with Crippen LogP contribution in [0.4, 0.5) is 5.82 Å². The molecule has 9 heteroatoms. The van der Waals surface area contributed by atoms with E-state index < -0.39 is 0 Å². The van der Waals surface area contributed by atoms with Gasteiger partial charge in [0.05, 0.1) is 22.6 Å². The average Bonchev–Trinajstić information content (AvgIpc) is 3.48. The number of anilines is 1. The van der Waals surface area contributed by atoms with Gasteiger partial charge in [0.25, 0.3) is 5.56 Å². The number of hydrogen-bond acceptors (Lipinski definition) is 6. The van der Waals surface area contributed by atoms with Crippen LogP contribution < -0.4 is 11.3 Å². The maximum Gasteiger partial charge on any atom is 0.290 e. The van der Waals surface area contributed by atoms with Gasteiger partial charge >= 0.3 is 0 Å². The Balaban J connectivity index is 1.34. The van der Waals surface area contributed by atoms with Crippen molar-refractivity contribution >= 4 is 44.6 Å². The molecule has 0 spiro atoms. The van der Waals surface area contributed by atoms with Crippen molar-refractivity contribution in [1.29, 1.82) is 0 Å². The fourth-order valence-corrected chi connectivity index (χ4v) is 6.54. The highest BCUT2D eigenvalue weighted by Crippen LogP contribution is 2.37. The second-order valence-electron chi connectivity index (χ2n) is 9.97. The Morgan fingerprint density at radius 1 is 1.14 bits per heavy atom. The average molecular weight is 519 g/mol. The van der Waals surface area contributed by atoms with Crippen molar-refractivity contribution in [3.8, 4) is 21.7 Å². The number of aryl methyl sites for hydroxylation is 1. The lowest BCUT2D eigenvalue weighted by molar-refractivity contribution is 0.266. The summed E-state index contributed by atoms with van der Waals surface area (Å²) < 4.78 is 4.46. The quantitative estimate of drug-likeness (QED) is 0.305. The summed E-state index contributed by atoms with van der Waals surface area (Å²) in [5.74, 6) is 1.97. The molecule has 2 N–H and O–H groups in total. The first kappa shape index (κ1) is 23.2. The van der Waals surface area contributed by atoms with Crippen LogP contribution in [0.1, 0.15) is 38.3 Å². The molecule has 5 aromatic rings. The van der Waals surface area contributed by atoms with E-state index in [-0.39, 0.29) is 5.56 Å². The predicted molar refractivity (Wildman–Crippen MR) is 147 cm³/mol. The third-order valence-corrected chi connectivity index (χ3v) is 8.71. The maximum absolute atomic E-state index is 12.6. The molecular formula is C27H27ClN6OS. The maximum atomic E-state index is 12.6. The van der Waals surface area contributed by atoms with E-state index in [1.54, 1.807) is 16.9 Å². The van der Waals surface area contributed by atoms with E-state index in [0.29, 0.717) is 32.8 Å². The molecule has 1 fully saturated rings. The Morgan fingerprint density at radius 3 is 2.72 bits per heavy atom. The number of benzene rings is 1. The van der Waals surface area contributed by atoms with Gasteiger partial charge in [0, 0.05) is 34.8 Å². The summed E-state index contributed by atoms with van der Waals surface area (Å²) >= 11 is 8.21. The second kappa shape index (κ2) is 9.01. The summed E-state index contributed by atoms with van der Waals surface area (Å²) in [5, 5.41) is 5.18. The molecular weight excluding hydrogens is 492 g/mol. The van der Waals surface area contributed by atoms with Gasteiger partial charge in [-0.2, -0.15) is 14.6 Å². The van der Waals surface area contributed by atoms with Crippen molar-refractivity contribution < 1.29 is 0 Å². The first-order valence-corrected chi connectivity index (χ1v) is 13.5. The molecule has 4 aromatic heterocycles. The molecule has 1 aliphatic rings. The van der Waals surface area contributed by atoms with Crippen molar-refractivity contribution in [2.24, 2.45) is 11.8 Å². The van der Waals surface area contributed by atoms with Crippen molar-refractivity contribution in [3.63, 3.8) is 0 Å². The minimum Gasteiger partial charge on any atom is -0.384 e. The van der Waals surface area contributed by atoms with Crippen molar-refractivity contribution in [3.05, 3.63) is 63.8 Å². The van der Waals surface area contributed by atoms with Crippen LogP contribution >= 0.6 is 22.9 Å². The van der Waals surface area contributed by atoms with Gasteiger partial charge in [0.1, 0.15) is 10.5 Å². The van der Waals surface area contributed by atoms with E-state index in [9.17, 15) is 4.79 Å². The van der Waals surface area contributed by atoms with Crippen molar-refractivity contribution in [1.82, 2.24) is 24.1 Å². The summed E-state index contributed by atoms with van der Waals surface area (Å²) in [4.78, 5) is 22.2. The first-order chi connectivity index (χ1) is 17.4. The number of thiophene rings is 1. The van der Waals surface area contributed by atoms with Gasteiger partial charge in [0.15, 0.2) is 5.65 Å². The van der Waals surface area contributed by atoms with Crippen LogP contribution in [0.15, 0.2) is 47.5 Å². The Bertz CT molecular complexity index is 1660. The van der Waals surface area contributed by atoms with E-state index >= 15 is 0 Å². The molecule has 6 rings (SSSR count). The van der Waals surface area contributed by atoms with Crippen LogP contribution in [-0.2, 0) is 6.54 Å². The van der Waals surface area contributed by atoms with Crippen LogP contribution in [0.2, 0.25) is 5.02 Å². The van der Waals surface area contributed by atoms with Crippen molar-refractivity contribution in [2.75, 3.05) is 5.73 Å². The van der Waals surface area contributed by atoms with Gasteiger partial charge in [-0.3, -0.25) is 4.79 Å². The van der Waals surface area contributed by atoms with Crippen LogP contribution in [0.5, 0.6) is 0 Å². The Kier molecular flexibility index (Phi) is 5.80. The van der Waals surface area contributed by atoms with E-state index in [1.165, 1.54) is 37.0 Å². The highest BCUT2D eigenvalue weighted by molar-refractivity contribution is 7.22. The largest absolute Gasteiger partial charge is 0.384 e. The predicted octanol–water partition coefficient (Wildman–Crippen LogP) is 6.21. The molecule has 184 valence electrons. The molecule has 1 aliphatic carbocycles.